The van der Waals surface area contributed by atoms with Crippen LogP contribution in [0.4, 0.5) is 15.9 Å². The lowest BCUT2D eigenvalue weighted by atomic mass is 10.0. The predicted octanol–water partition coefficient (Wildman–Crippen LogP) is 3.10. The van der Waals surface area contributed by atoms with Gasteiger partial charge in [-0.15, -0.1) is 0 Å². The first-order chi connectivity index (χ1) is 16.1. The molecule has 1 aliphatic rings. The van der Waals surface area contributed by atoms with Crippen LogP contribution >= 0.6 is 0 Å². The molecule has 9 heteroatoms. The van der Waals surface area contributed by atoms with Crippen LogP contribution in [0, 0.1) is 18.7 Å². The minimum atomic E-state index is -0.617. The Morgan fingerprint density at radius 1 is 1.18 bits per heavy atom. The van der Waals surface area contributed by atoms with Gasteiger partial charge < -0.3 is 20.4 Å². The highest BCUT2D eigenvalue weighted by Crippen LogP contribution is 2.34. The maximum atomic E-state index is 13.6. The van der Waals surface area contributed by atoms with Crippen LogP contribution in [0.2, 0.25) is 0 Å². The van der Waals surface area contributed by atoms with Crippen LogP contribution in [-0.2, 0) is 9.59 Å². The SMILES string of the molecule is CNC(C)C(=O)N[C@H](C(=O)N1CCCC1c1cc(N(C)c2ccc(F)cc2)nc(C)n1)C(C)C. The van der Waals surface area contributed by atoms with E-state index in [1.807, 2.05) is 43.7 Å². The van der Waals surface area contributed by atoms with Crippen LogP contribution in [0.1, 0.15) is 51.2 Å². The lowest BCUT2D eigenvalue weighted by Gasteiger charge is -2.32. The summed E-state index contributed by atoms with van der Waals surface area (Å²) in [4.78, 5) is 39.0. The molecule has 1 aromatic heterocycles. The average molecular weight is 471 g/mol. The molecule has 0 radical (unpaired) electrons. The summed E-state index contributed by atoms with van der Waals surface area (Å²) in [5, 5.41) is 5.83. The van der Waals surface area contributed by atoms with Gasteiger partial charge in [0.25, 0.3) is 0 Å². The highest BCUT2D eigenvalue weighted by molar-refractivity contribution is 5.90. The Balaban J connectivity index is 1.86. The van der Waals surface area contributed by atoms with E-state index in [-0.39, 0.29) is 29.6 Å². The fraction of sp³-hybridized carbons (Fsp3) is 0.520. The maximum absolute atomic E-state index is 13.6. The molecule has 2 unspecified atom stereocenters. The van der Waals surface area contributed by atoms with Crippen molar-refractivity contribution in [3.05, 3.63) is 47.7 Å². The van der Waals surface area contributed by atoms with Gasteiger partial charge in [-0.2, -0.15) is 0 Å². The van der Waals surface area contributed by atoms with E-state index in [4.69, 9.17) is 0 Å². The molecule has 2 aromatic rings. The van der Waals surface area contributed by atoms with Crippen LogP contribution in [0.5, 0.6) is 0 Å². The quantitative estimate of drug-likeness (QED) is 0.616. The number of aryl methyl sites for hydroxylation is 1. The lowest BCUT2D eigenvalue weighted by molar-refractivity contribution is -0.139. The van der Waals surface area contributed by atoms with Gasteiger partial charge >= 0.3 is 0 Å². The van der Waals surface area contributed by atoms with E-state index >= 15 is 0 Å². The van der Waals surface area contributed by atoms with Crippen molar-refractivity contribution < 1.29 is 14.0 Å². The number of rotatable bonds is 8. The number of nitrogens with one attached hydrogen (secondary N) is 2. The highest BCUT2D eigenvalue weighted by Gasteiger charge is 2.37. The number of amides is 2. The number of likely N-dealkylation sites (tertiary alicyclic amines) is 1. The van der Waals surface area contributed by atoms with E-state index in [2.05, 4.69) is 20.6 Å². The Hall–Kier alpha value is -3.07. The number of benzene rings is 1. The molecule has 0 saturated carbocycles. The van der Waals surface area contributed by atoms with Crippen molar-refractivity contribution in [1.82, 2.24) is 25.5 Å². The topological polar surface area (TPSA) is 90.5 Å². The highest BCUT2D eigenvalue weighted by atomic mass is 19.1. The van der Waals surface area contributed by atoms with E-state index in [1.165, 1.54) is 12.1 Å². The first-order valence-corrected chi connectivity index (χ1v) is 11.7. The summed E-state index contributed by atoms with van der Waals surface area (Å²) in [5.74, 6) is 0.606. The van der Waals surface area contributed by atoms with Crippen LogP contribution in [0.15, 0.2) is 30.3 Å². The summed E-state index contributed by atoms with van der Waals surface area (Å²) in [6.45, 7) is 8.06. The number of carbonyl (C=O) groups excluding carboxylic acids is 2. The molecule has 8 nitrogen and oxygen atoms in total. The number of carbonyl (C=O) groups is 2. The lowest BCUT2D eigenvalue weighted by Crippen LogP contribution is -2.54. The first kappa shape index (κ1) is 25.6. The van der Waals surface area contributed by atoms with Crippen molar-refractivity contribution in [2.75, 3.05) is 25.5 Å². The second-order valence-electron chi connectivity index (χ2n) is 9.16. The Labute approximate surface area is 201 Å². The smallest absolute Gasteiger partial charge is 0.245 e. The largest absolute Gasteiger partial charge is 0.343 e. The molecule has 1 saturated heterocycles. The van der Waals surface area contributed by atoms with E-state index in [0.29, 0.717) is 18.2 Å². The van der Waals surface area contributed by atoms with E-state index in [0.717, 1.165) is 24.2 Å². The van der Waals surface area contributed by atoms with E-state index in [1.54, 1.807) is 26.1 Å². The standard InChI is InChI=1S/C25H35FN6O2/c1-15(2)23(30-24(33)16(3)27-5)25(34)32-13-7-8-21(32)20-14-22(29-17(4)28-20)31(6)19-11-9-18(26)10-12-19/h9-12,14-16,21,23,27H,7-8,13H2,1-6H3,(H,30,33)/t16?,21?,23-/m0/s1. The Kier molecular flexibility index (Phi) is 8.19. The summed E-state index contributed by atoms with van der Waals surface area (Å²) in [6, 6.07) is 6.89. The van der Waals surface area contributed by atoms with Gasteiger partial charge in [-0.05, 0) is 63.9 Å². The second kappa shape index (κ2) is 10.9. The average Bonchev–Trinajstić information content (AvgIpc) is 3.31. The number of nitrogens with zero attached hydrogens (tertiary/aromatic N) is 4. The molecular formula is C25H35FN6O2. The van der Waals surface area contributed by atoms with Crippen LogP contribution in [0.3, 0.4) is 0 Å². The van der Waals surface area contributed by atoms with Crippen molar-refractivity contribution in [2.45, 2.75) is 58.7 Å². The van der Waals surface area contributed by atoms with Crippen molar-refractivity contribution in [3.63, 3.8) is 0 Å². The normalized spacial score (nSPS) is 17.5. The van der Waals surface area contributed by atoms with Gasteiger partial charge in [0.15, 0.2) is 0 Å². The van der Waals surface area contributed by atoms with Crippen LogP contribution < -0.4 is 15.5 Å². The van der Waals surface area contributed by atoms with Crippen molar-refractivity contribution in [2.24, 2.45) is 5.92 Å². The molecule has 1 fully saturated rings. The molecule has 1 aliphatic heterocycles. The molecule has 2 heterocycles. The third-order valence-electron chi connectivity index (χ3n) is 6.34. The van der Waals surface area contributed by atoms with Crippen molar-refractivity contribution in [3.8, 4) is 0 Å². The third kappa shape index (κ3) is 5.70. The molecule has 184 valence electrons. The fourth-order valence-electron chi connectivity index (χ4n) is 4.15. The van der Waals surface area contributed by atoms with Gasteiger partial charge in [0.1, 0.15) is 23.5 Å². The van der Waals surface area contributed by atoms with Gasteiger partial charge in [0, 0.05) is 25.3 Å². The number of aromatic nitrogens is 2. The number of hydrogen-bond acceptors (Lipinski definition) is 6. The van der Waals surface area contributed by atoms with Crippen LogP contribution in [0.25, 0.3) is 0 Å². The molecule has 0 spiro atoms. The molecule has 1 aromatic carbocycles. The van der Waals surface area contributed by atoms with Crippen molar-refractivity contribution >= 4 is 23.3 Å². The molecule has 0 aliphatic carbocycles. The van der Waals surface area contributed by atoms with E-state index in [9.17, 15) is 14.0 Å². The monoisotopic (exact) mass is 470 g/mol. The second-order valence-corrected chi connectivity index (χ2v) is 9.16. The third-order valence-corrected chi connectivity index (χ3v) is 6.34. The Morgan fingerprint density at radius 2 is 1.85 bits per heavy atom. The zero-order valence-corrected chi connectivity index (χ0v) is 20.8. The fourth-order valence-corrected chi connectivity index (χ4v) is 4.15. The predicted molar refractivity (Wildman–Crippen MR) is 130 cm³/mol. The van der Waals surface area contributed by atoms with Gasteiger partial charge in [-0.25, -0.2) is 14.4 Å². The summed E-state index contributed by atoms with van der Waals surface area (Å²) in [5.41, 5.74) is 1.56. The first-order valence-electron chi connectivity index (χ1n) is 11.7. The molecular weight excluding hydrogens is 435 g/mol. The van der Waals surface area contributed by atoms with E-state index < -0.39 is 12.1 Å². The molecule has 2 N–H and O–H groups in total. The minimum absolute atomic E-state index is 0.0611. The molecule has 2 amide bonds. The summed E-state index contributed by atoms with van der Waals surface area (Å²) >= 11 is 0. The zero-order chi connectivity index (χ0) is 25.0. The molecule has 34 heavy (non-hydrogen) atoms. The summed E-state index contributed by atoms with van der Waals surface area (Å²) in [6.07, 6.45) is 1.64. The number of anilines is 2. The van der Waals surface area contributed by atoms with Gasteiger partial charge in [-0.3, -0.25) is 9.59 Å². The van der Waals surface area contributed by atoms with Gasteiger partial charge in [0.2, 0.25) is 11.8 Å². The minimum Gasteiger partial charge on any atom is -0.343 e. The zero-order valence-electron chi connectivity index (χ0n) is 20.8. The molecule has 0 bridgehead atoms. The molecule has 3 rings (SSSR count). The Bertz CT molecular complexity index is 1010. The summed E-state index contributed by atoms with van der Waals surface area (Å²) < 4.78 is 13.4. The van der Waals surface area contributed by atoms with Crippen LogP contribution in [-0.4, -0.2) is 59.4 Å². The van der Waals surface area contributed by atoms with Gasteiger partial charge in [0.05, 0.1) is 17.8 Å². The maximum Gasteiger partial charge on any atom is 0.245 e. The van der Waals surface area contributed by atoms with Crippen molar-refractivity contribution in [1.29, 1.82) is 0 Å². The number of halogens is 1. The molecule has 3 atom stereocenters. The van der Waals surface area contributed by atoms with Gasteiger partial charge in [-0.1, -0.05) is 13.8 Å². The number of hydrogen-bond donors (Lipinski definition) is 2. The summed E-state index contributed by atoms with van der Waals surface area (Å²) in [7, 11) is 3.58. The number of likely N-dealkylation sites (N-methyl/N-ethyl adjacent to an activating group) is 1. The Morgan fingerprint density at radius 3 is 2.47 bits per heavy atom.